The molecule has 0 saturated carbocycles. The third-order valence-corrected chi connectivity index (χ3v) is 6.96. The number of Topliss-reactive ketones (excluding diaryl/α,β-unsaturated/α-hetero) is 1. The SMILES string of the molecule is Cc1cc(C(=O)C23C=NN(C)C2(O)O3)c(C)c2c1S(=O)C(C)C2. The maximum absolute atomic E-state index is 13.0. The molecule has 0 bridgehead atoms. The van der Waals surface area contributed by atoms with Gasteiger partial charge in [-0.25, -0.2) is 5.01 Å². The van der Waals surface area contributed by atoms with E-state index in [-0.39, 0.29) is 11.0 Å². The summed E-state index contributed by atoms with van der Waals surface area (Å²) in [5.41, 5.74) is 1.74. The number of hydrogen-bond acceptors (Lipinski definition) is 6. The summed E-state index contributed by atoms with van der Waals surface area (Å²) in [6.07, 6.45) is 2.06. The summed E-state index contributed by atoms with van der Waals surface area (Å²) in [6.45, 7) is 5.70. The van der Waals surface area contributed by atoms with Gasteiger partial charge in [0.05, 0.1) is 17.0 Å². The number of ketones is 1. The van der Waals surface area contributed by atoms with Crippen molar-refractivity contribution in [3.8, 4) is 0 Å². The lowest BCUT2D eigenvalue weighted by molar-refractivity contribution is -0.0863. The molecule has 1 N–H and O–H groups in total. The van der Waals surface area contributed by atoms with Gasteiger partial charge in [0, 0.05) is 22.8 Å². The number of aryl methyl sites for hydroxylation is 1. The Morgan fingerprint density at radius 1 is 1.52 bits per heavy atom. The number of ether oxygens (including phenoxy) is 1. The van der Waals surface area contributed by atoms with Gasteiger partial charge >= 0.3 is 5.91 Å². The summed E-state index contributed by atoms with van der Waals surface area (Å²) < 4.78 is 17.7. The Kier molecular flexibility index (Phi) is 2.79. The summed E-state index contributed by atoms with van der Waals surface area (Å²) >= 11 is 0. The number of aliphatic hydroxyl groups is 1. The number of benzene rings is 1. The van der Waals surface area contributed by atoms with Crippen LogP contribution in [0.4, 0.5) is 0 Å². The first-order chi connectivity index (χ1) is 10.7. The Morgan fingerprint density at radius 2 is 2.22 bits per heavy atom. The zero-order chi connectivity index (χ0) is 16.7. The third-order valence-electron chi connectivity index (χ3n) is 5.09. The molecule has 4 atom stereocenters. The van der Waals surface area contributed by atoms with Crippen molar-refractivity contribution in [1.29, 1.82) is 0 Å². The van der Waals surface area contributed by atoms with Crippen molar-refractivity contribution in [2.75, 3.05) is 7.05 Å². The molecule has 3 aliphatic heterocycles. The van der Waals surface area contributed by atoms with E-state index in [9.17, 15) is 14.1 Å². The van der Waals surface area contributed by atoms with Crippen molar-refractivity contribution < 1.29 is 18.8 Å². The molecule has 0 amide bonds. The summed E-state index contributed by atoms with van der Waals surface area (Å²) in [4.78, 5) is 13.9. The second-order valence-electron chi connectivity index (χ2n) is 6.53. The highest BCUT2D eigenvalue weighted by Crippen LogP contribution is 2.52. The van der Waals surface area contributed by atoms with Crippen molar-refractivity contribution in [1.82, 2.24) is 5.01 Å². The van der Waals surface area contributed by atoms with Gasteiger partial charge in [-0.2, -0.15) is 5.10 Å². The molecule has 0 aliphatic carbocycles. The molecule has 1 aromatic rings. The van der Waals surface area contributed by atoms with Crippen LogP contribution < -0.4 is 0 Å². The van der Waals surface area contributed by atoms with Crippen molar-refractivity contribution >= 4 is 22.8 Å². The van der Waals surface area contributed by atoms with Gasteiger partial charge in [-0.3, -0.25) is 13.7 Å². The van der Waals surface area contributed by atoms with Crippen LogP contribution in [0.3, 0.4) is 0 Å². The predicted molar refractivity (Wildman–Crippen MR) is 84.8 cm³/mol. The monoisotopic (exact) mass is 334 g/mol. The fraction of sp³-hybridized carbons (Fsp3) is 0.500. The van der Waals surface area contributed by atoms with Crippen LogP contribution in [0.5, 0.6) is 0 Å². The first-order valence-electron chi connectivity index (χ1n) is 7.53. The molecule has 7 heteroatoms. The molecule has 4 unspecified atom stereocenters. The molecule has 1 aromatic carbocycles. The standard InChI is InChI=1S/C16H18N2O4S/c1-8-5-12(10(3)11-6-9(2)23(21)13(8)11)14(19)15-7-17-18(4)16(15,20)22-15/h5,7,9,20H,6H2,1-4H3. The highest BCUT2D eigenvalue weighted by molar-refractivity contribution is 7.86. The van der Waals surface area contributed by atoms with E-state index in [2.05, 4.69) is 5.10 Å². The molecular weight excluding hydrogens is 316 g/mol. The van der Waals surface area contributed by atoms with E-state index in [1.54, 1.807) is 13.1 Å². The van der Waals surface area contributed by atoms with Gasteiger partial charge in [0.15, 0.2) is 0 Å². The smallest absolute Gasteiger partial charge is 0.309 e. The molecular formula is C16H18N2O4S. The molecule has 3 aliphatic rings. The van der Waals surface area contributed by atoms with Gasteiger partial charge < -0.3 is 5.11 Å². The van der Waals surface area contributed by atoms with Gasteiger partial charge in [0.1, 0.15) is 0 Å². The van der Waals surface area contributed by atoms with Crippen LogP contribution in [0.25, 0.3) is 0 Å². The topological polar surface area (TPSA) is 82.5 Å². The number of carbonyl (C=O) groups is 1. The lowest BCUT2D eigenvalue weighted by atomic mass is 9.89. The first-order valence-corrected chi connectivity index (χ1v) is 8.74. The number of fused-ring (bicyclic) bond motifs is 2. The maximum Gasteiger partial charge on any atom is 0.309 e. The zero-order valence-electron chi connectivity index (χ0n) is 13.4. The summed E-state index contributed by atoms with van der Waals surface area (Å²) in [5, 5.41) is 15.6. The Labute approximate surface area is 136 Å². The van der Waals surface area contributed by atoms with Crippen molar-refractivity contribution in [3.63, 3.8) is 0 Å². The van der Waals surface area contributed by atoms with E-state index in [0.717, 1.165) is 21.6 Å². The summed E-state index contributed by atoms with van der Waals surface area (Å²) in [5.74, 6) is -1.98. The number of hydrazone groups is 1. The van der Waals surface area contributed by atoms with Crippen LogP contribution >= 0.6 is 0 Å². The van der Waals surface area contributed by atoms with Crippen LogP contribution in [-0.2, 0) is 22.0 Å². The molecule has 0 aromatic heterocycles. The fourth-order valence-electron chi connectivity index (χ4n) is 3.60. The second-order valence-corrected chi connectivity index (χ2v) is 8.34. The second kappa shape index (κ2) is 4.28. The van der Waals surface area contributed by atoms with Crippen LogP contribution in [0.1, 0.15) is 34.0 Å². The lowest BCUT2D eigenvalue weighted by Crippen LogP contribution is -2.38. The van der Waals surface area contributed by atoms with E-state index in [0.29, 0.717) is 12.0 Å². The molecule has 3 heterocycles. The van der Waals surface area contributed by atoms with Gasteiger partial charge in [-0.15, -0.1) is 0 Å². The number of epoxide rings is 1. The Morgan fingerprint density at radius 3 is 2.78 bits per heavy atom. The minimum absolute atomic E-state index is 0.0548. The first kappa shape index (κ1) is 15.0. The Bertz CT molecular complexity index is 821. The molecule has 1 saturated heterocycles. The average Bonchev–Trinajstić information content (AvgIpc) is 2.91. The van der Waals surface area contributed by atoms with E-state index >= 15 is 0 Å². The number of hydrogen-bond donors (Lipinski definition) is 1. The number of carbonyl (C=O) groups excluding carboxylic acids is 1. The van der Waals surface area contributed by atoms with Crippen molar-refractivity contribution in [2.45, 2.75) is 48.8 Å². The quantitative estimate of drug-likeness (QED) is 0.641. The maximum atomic E-state index is 13.0. The molecule has 0 radical (unpaired) electrons. The van der Waals surface area contributed by atoms with Crippen molar-refractivity contribution in [2.24, 2.45) is 5.10 Å². The molecule has 0 spiro atoms. The van der Waals surface area contributed by atoms with Crippen LogP contribution in [0.15, 0.2) is 16.1 Å². The Hall–Kier alpha value is -1.57. The molecule has 4 rings (SSSR count). The minimum Gasteiger partial charge on any atom is -0.345 e. The van der Waals surface area contributed by atoms with E-state index in [1.165, 1.54) is 11.2 Å². The van der Waals surface area contributed by atoms with Crippen LogP contribution in [0, 0.1) is 13.8 Å². The Balaban J connectivity index is 1.83. The van der Waals surface area contributed by atoms with Gasteiger partial charge in [0.25, 0.3) is 0 Å². The van der Waals surface area contributed by atoms with E-state index < -0.39 is 22.3 Å². The average molecular weight is 334 g/mol. The minimum atomic E-state index is -1.68. The number of nitrogens with zero attached hydrogens (tertiary/aromatic N) is 2. The van der Waals surface area contributed by atoms with Gasteiger partial charge in [-0.1, -0.05) is 6.92 Å². The lowest BCUT2D eigenvalue weighted by Gasteiger charge is -2.15. The predicted octanol–water partition coefficient (Wildman–Crippen LogP) is 0.885. The molecule has 122 valence electrons. The third kappa shape index (κ3) is 1.62. The van der Waals surface area contributed by atoms with Crippen molar-refractivity contribution in [3.05, 3.63) is 28.3 Å². The molecule has 6 nitrogen and oxygen atoms in total. The summed E-state index contributed by atoms with van der Waals surface area (Å²) in [6, 6.07) is 1.76. The fourth-order valence-corrected chi connectivity index (χ4v) is 5.18. The normalized spacial score (nSPS) is 37.0. The van der Waals surface area contributed by atoms with E-state index in [4.69, 9.17) is 4.74 Å². The highest BCUT2D eigenvalue weighted by Gasteiger charge is 2.80. The highest BCUT2D eigenvalue weighted by atomic mass is 32.2. The van der Waals surface area contributed by atoms with Gasteiger partial charge in [-0.05, 0) is 43.0 Å². The van der Waals surface area contributed by atoms with E-state index in [1.807, 2.05) is 20.8 Å². The number of rotatable bonds is 2. The largest absolute Gasteiger partial charge is 0.345 e. The van der Waals surface area contributed by atoms with Gasteiger partial charge in [0.2, 0.25) is 11.4 Å². The van der Waals surface area contributed by atoms with Crippen LogP contribution in [0.2, 0.25) is 0 Å². The molecule has 1 fully saturated rings. The number of likely N-dealkylation sites (N-methyl/N-ethyl adjacent to an activating group) is 1. The summed E-state index contributed by atoms with van der Waals surface area (Å²) in [7, 11) is 0.531. The molecule has 23 heavy (non-hydrogen) atoms. The van der Waals surface area contributed by atoms with Crippen LogP contribution in [-0.4, -0.2) is 50.1 Å². The zero-order valence-corrected chi connectivity index (χ0v) is 14.2.